The number of nitrogens with one attached hydrogen (secondary N) is 2. The predicted molar refractivity (Wildman–Crippen MR) is 96.9 cm³/mol. The van der Waals surface area contributed by atoms with Crippen LogP contribution in [0, 0.1) is 6.92 Å². The number of rotatable bonds is 6. The molecule has 2 N–H and O–H groups in total. The summed E-state index contributed by atoms with van der Waals surface area (Å²) in [5.41, 5.74) is 1.04. The quantitative estimate of drug-likeness (QED) is 0.723. The fourth-order valence-electron chi connectivity index (χ4n) is 3.00. The van der Waals surface area contributed by atoms with Gasteiger partial charge in [0.1, 0.15) is 18.4 Å². The number of amides is 3. The molecule has 0 saturated carbocycles. The van der Waals surface area contributed by atoms with Crippen molar-refractivity contribution in [3.8, 4) is 0 Å². The van der Waals surface area contributed by atoms with Crippen LogP contribution in [-0.4, -0.2) is 54.1 Å². The smallest absolute Gasteiger partial charge is 0.252 e. The summed E-state index contributed by atoms with van der Waals surface area (Å²) in [6.07, 6.45) is 1.82. The second-order valence-corrected chi connectivity index (χ2v) is 6.62. The van der Waals surface area contributed by atoms with Gasteiger partial charge < -0.3 is 20.3 Å². The fraction of sp³-hybridized carbons (Fsp3) is 0.444. The van der Waals surface area contributed by atoms with E-state index in [1.807, 2.05) is 0 Å². The number of carbonyl (C=O) groups is 4. The SMILES string of the molecule is Cc1c(Cl)cccc1C(=O)N[C@@H](C)C(=O)N1CCC[C@H]1C(=O)NCC=O. The molecule has 0 radical (unpaired) electrons. The van der Waals surface area contributed by atoms with E-state index in [0.717, 1.165) is 0 Å². The summed E-state index contributed by atoms with van der Waals surface area (Å²) in [7, 11) is 0. The number of aldehydes is 1. The minimum Gasteiger partial charge on any atom is -0.348 e. The van der Waals surface area contributed by atoms with Crippen molar-refractivity contribution in [2.45, 2.75) is 38.8 Å². The monoisotopic (exact) mass is 379 g/mol. The molecule has 1 saturated heterocycles. The third kappa shape index (κ3) is 4.40. The average Bonchev–Trinajstić information content (AvgIpc) is 3.10. The second-order valence-electron chi connectivity index (χ2n) is 6.21. The standard InChI is InChI=1S/C18H22ClN3O4/c1-11-13(5-3-6-14(11)19)16(24)21-12(2)18(26)22-9-4-7-15(22)17(25)20-8-10-23/h3,5-6,10,12,15H,4,7-9H2,1-2H3,(H,20,25)(H,21,24)/t12-,15-/m0/s1. The molecule has 1 aliphatic heterocycles. The van der Waals surface area contributed by atoms with Gasteiger partial charge in [0, 0.05) is 17.1 Å². The van der Waals surface area contributed by atoms with Crippen LogP contribution in [0.2, 0.25) is 5.02 Å². The Balaban J connectivity index is 2.04. The topological polar surface area (TPSA) is 95.6 Å². The Morgan fingerprint density at radius 3 is 2.81 bits per heavy atom. The first-order valence-electron chi connectivity index (χ1n) is 8.44. The Kier molecular flexibility index (Phi) is 6.74. The summed E-state index contributed by atoms with van der Waals surface area (Å²) in [4.78, 5) is 49.1. The molecule has 2 atom stereocenters. The lowest BCUT2D eigenvalue weighted by Gasteiger charge is -2.27. The fourth-order valence-corrected chi connectivity index (χ4v) is 3.18. The number of benzene rings is 1. The highest BCUT2D eigenvalue weighted by Gasteiger charge is 2.36. The molecule has 0 bridgehead atoms. The van der Waals surface area contributed by atoms with Gasteiger partial charge in [-0.25, -0.2) is 0 Å². The lowest BCUT2D eigenvalue weighted by molar-refractivity contribution is -0.139. The molecule has 0 spiro atoms. The summed E-state index contributed by atoms with van der Waals surface area (Å²) in [5, 5.41) is 5.62. The van der Waals surface area contributed by atoms with Gasteiger partial charge in [-0.1, -0.05) is 17.7 Å². The molecular formula is C18H22ClN3O4. The van der Waals surface area contributed by atoms with Crippen molar-refractivity contribution in [1.82, 2.24) is 15.5 Å². The largest absolute Gasteiger partial charge is 0.348 e. The number of likely N-dealkylation sites (tertiary alicyclic amines) is 1. The highest BCUT2D eigenvalue weighted by Crippen LogP contribution is 2.20. The molecule has 26 heavy (non-hydrogen) atoms. The number of nitrogens with zero attached hydrogens (tertiary/aromatic N) is 1. The molecule has 1 heterocycles. The molecule has 3 amide bonds. The number of halogens is 1. The van der Waals surface area contributed by atoms with Crippen LogP contribution in [0.3, 0.4) is 0 Å². The van der Waals surface area contributed by atoms with Crippen LogP contribution in [0.5, 0.6) is 0 Å². The maximum absolute atomic E-state index is 12.7. The van der Waals surface area contributed by atoms with Crippen molar-refractivity contribution in [3.05, 3.63) is 34.3 Å². The van der Waals surface area contributed by atoms with Crippen molar-refractivity contribution in [3.63, 3.8) is 0 Å². The first kappa shape index (κ1) is 19.9. The second kappa shape index (κ2) is 8.80. The van der Waals surface area contributed by atoms with Gasteiger partial charge in [0.25, 0.3) is 5.91 Å². The molecule has 0 unspecified atom stereocenters. The maximum Gasteiger partial charge on any atom is 0.252 e. The van der Waals surface area contributed by atoms with E-state index in [2.05, 4.69) is 10.6 Å². The highest BCUT2D eigenvalue weighted by molar-refractivity contribution is 6.31. The van der Waals surface area contributed by atoms with Crippen molar-refractivity contribution >= 4 is 35.6 Å². The van der Waals surface area contributed by atoms with Gasteiger partial charge in [-0.05, 0) is 44.4 Å². The highest BCUT2D eigenvalue weighted by atomic mass is 35.5. The van der Waals surface area contributed by atoms with Gasteiger partial charge in [0.2, 0.25) is 11.8 Å². The van der Waals surface area contributed by atoms with E-state index < -0.39 is 18.0 Å². The number of carbonyl (C=O) groups excluding carboxylic acids is 4. The van der Waals surface area contributed by atoms with Crippen molar-refractivity contribution < 1.29 is 19.2 Å². The normalized spacial score (nSPS) is 17.5. The Labute approximate surface area is 157 Å². The zero-order valence-corrected chi connectivity index (χ0v) is 15.5. The van der Waals surface area contributed by atoms with E-state index in [1.54, 1.807) is 32.0 Å². The van der Waals surface area contributed by atoms with Crippen LogP contribution >= 0.6 is 11.6 Å². The first-order valence-corrected chi connectivity index (χ1v) is 8.82. The van der Waals surface area contributed by atoms with E-state index in [9.17, 15) is 19.2 Å². The summed E-state index contributed by atoms with van der Waals surface area (Å²) < 4.78 is 0. The summed E-state index contributed by atoms with van der Waals surface area (Å²) >= 11 is 6.03. The zero-order chi connectivity index (χ0) is 19.3. The number of hydrogen-bond donors (Lipinski definition) is 2. The van der Waals surface area contributed by atoms with Crippen LogP contribution in [0.4, 0.5) is 0 Å². The lowest BCUT2D eigenvalue weighted by atomic mass is 10.1. The van der Waals surface area contributed by atoms with Gasteiger partial charge in [-0.2, -0.15) is 0 Å². The molecule has 140 valence electrons. The van der Waals surface area contributed by atoms with Gasteiger partial charge in [-0.3, -0.25) is 14.4 Å². The molecule has 1 aromatic rings. The molecule has 7 nitrogen and oxygen atoms in total. The van der Waals surface area contributed by atoms with E-state index in [-0.39, 0.29) is 18.4 Å². The molecule has 0 aromatic heterocycles. The third-order valence-corrected chi connectivity index (χ3v) is 4.84. The summed E-state index contributed by atoms with van der Waals surface area (Å²) in [5.74, 6) is -1.08. The first-order chi connectivity index (χ1) is 12.4. The minimum absolute atomic E-state index is 0.0856. The Morgan fingerprint density at radius 2 is 2.12 bits per heavy atom. The minimum atomic E-state index is -0.791. The zero-order valence-electron chi connectivity index (χ0n) is 14.8. The molecule has 1 fully saturated rings. The van der Waals surface area contributed by atoms with E-state index in [4.69, 9.17) is 11.6 Å². The van der Waals surface area contributed by atoms with Crippen molar-refractivity contribution in [1.29, 1.82) is 0 Å². The van der Waals surface area contributed by atoms with E-state index in [0.29, 0.717) is 41.8 Å². The van der Waals surface area contributed by atoms with E-state index in [1.165, 1.54) is 4.90 Å². The van der Waals surface area contributed by atoms with Crippen LogP contribution < -0.4 is 10.6 Å². The Bertz CT molecular complexity index is 722. The van der Waals surface area contributed by atoms with Crippen LogP contribution in [0.25, 0.3) is 0 Å². The molecular weight excluding hydrogens is 358 g/mol. The Morgan fingerprint density at radius 1 is 1.38 bits per heavy atom. The van der Waals surface area contributed by atoms with E-state index >= 15 is 0 Å². The van der Waals surface area contributed by atoms with Crippen molar-refractivity contribution in [2.24, 2.45) is 0 Å². The van der Waals surface area contributed by atoms with Gasteiger partial charge >= 0.3 is 0 Å². The maximum atomic E-state index is 12.7. The van der Waals surface area contributed by atoms with Gasteiger partial charge in [-0.15, -0.1) is 0 Å². The molecule has 0 aliphatic carbocycles. The van der Waals surface area contributed by atoms with Gasteiger partial charge in [0.15, 0.2) is 0 Å². The van der Waals surface area contributed by atoms with Crippen LogP contribution in [0.1, 0.15) is 35.7 Å². The average molecular weight is 380 g/mol. The summed E-state index contributed by atoms with van der Waals surface area (Å²) in [6.45, 7) is 3.67. The Hall–Kier alpha value is -2.41. The predicted octanol–water partition coefficient (Wildman–Crippen LogP) is 1.07. The molecule has 1 aromatic carbocycles. The van der Waals surface area contributed by atoms with Gasteiger partial charge in [0.05, 0.1) is 6.54 Å². The van der Waals surface area contributed by atoms with Crippen LogP contribution in [0.15, 0.2) is 18.2 Å². The lowest BCUT2D eigenvalue weighted by Crippen LogP contribution is -2.52. The third-order valence-electron chi connectivity index (χ3n) is 4.43. The summed E-state index contributed by atoms with van der Waals surface area (Å²) in [6, 6.07) is 3.59. The molecule has 2 rings (SSSR count). The molecule has 8 heteroatoms. The number of hydrogen-bond acceptors (Lipinski definition) is 4. The van der Waals surface area contributed by atoms with Crippen molar-refractivity contribution in [2.75, 3.05) is 13.1 Å². The molecule has 1 aliphatic rings. The van der Waals surface area contributed by atoms with Crippen LogP contribution in [-0.2, 0) is 14.4 Å².